The summed E-state index contributed by atoms with van der Waals surface area (Å²) in [4.78, 5) is 8.20. The number of aromatic nitrogens is 2. The number of hydrogen-bond donors (Lipinski definition) is 1. The molecule has 0 fully saturated rings. The van der Waals surface area contributed by atoms with Crippen molar-refractivity contribution in [2.24, 2.45) is 5.41 Å². The van der Waals surface area contributed by atoms with Gasteiger partial charge in [0.25, 0.3) is 0 Å². The van der Waals surface area contributed by atoms with Gasteiger partial charge < -0.3 is 14.8 Å². The molecule has 1 N–H and O–H groups in total. The minimum atomic E-state index is 0.159. The van der Waals surface area contributed by atoms with Gasteiger partial charge in [0, 0.05) is 26.3 Å². The molecule has 0 spiro atoms. The normalized spacial score (nSPS) is 11.3. The van der Waals surface area contributed by atoms with E-state index in [0.717, 1.165) is 25.4 Å². The van der Waals surface area contributed by atoms with E-state index in [1.54, 1.807) is 7.11 Å². The summed E-state index contributed by atoms with van der Waals surface area (Å²) in [5.41, 5.74) is 0.159. The molecule has 0 radical (unpaired) electrons. The topological polar surface area (TPSA) is 56.3 Å². The van der Waals surface area contributed by atoms with Crippen LogP contribution in [0.3, 0.4) is 0 Å². The van der Waals surface area contributed by atoms with Crippen LogP contribution in [-0.4, -0.2) is 36.8 Å². The monoisotopic (exact) mass is 253 g/mol. The highest BCUT2D eigenvalue weighted by Crippen LogP contribution is 2.21. The lowest BCUT2D eigenvalue weighted by atomic mass is 9.90. The Hall–Kier alpha value is -1.36. The van der Waals surface area contributed by atoms with Crippen LogP contribution in [0, 0.1) is 5.41 Å². The zero-order valence-electron chi connectivity index (χ0n) is 11.7. The molecule has 0 atom stereocenters. The van der Waals surface area contributed by atoms with Crippen molar-refractivity contribution >= 4 is 5.82 Å². The third-order valence-electron chi connectivity index (χ3n) is 2.67. The minimum Gasteiger partial charge on any atom is -0.478 e. The molecule has 102 valence electrons. The molecule has 1 rings (SSSR count). The maximum atomic E-state index is 5.33. The molecule has 18 heavy (non-hydrogen) atoms. The van der Waals surface area contributed by atoms with Crippen LogP contribution < -0.4 is 10.1 Å². The second kappa shape index (κ2) is 7.16. The Morgan fingerprint density at radius 2 is 2.11 bits per heavy atom. The summed E-state index contributed by atoms with van der Waals surface area (Å²) >= 11 is 0. The average Bonchev–Trinajstić information content (AvgIpc) is 2.35. The van der Waals surface area contributed by atoms with E-state index in [-0.39, 0.29) is 5.41 Å². The van der Waals surface area contributed by atoms with Crippen LogP contribution in [0.5, 0.6) is 5.88 Å². The first-order chi connectivity index (χ1) is 8.57. The Kier molecular flexibility index (Phi) is 5.85. The number of anilines is 1. The second-order valence-corrected chi connectivity index (χ2v) is 4.94. The van der Waals surface area contributed by atoms with Gasteiger partial charge in [-0.15, -0.1) is 0 Å². The fourth-order valence-electron chi connectivity index (χ4n) is 1.46. The fourth-order valence-corrected chi connectivity index (χ4v) is 1.46. The fraction of sp³-hybridized carbons (Fsp3) is 0.692. The quantitative estimate of drug-likeness (QED) is 0.770. The summed E-state index contributed by atoms with van der Waals surface area (Å²) in [6, 6.07) is 1.82. The van der Waals surface area contributed by atoms with Crippen molar-refractivity contribution in [1.29, 1.82) is 0 Å². The van der Waals surface area contributed by atoms with Gasteiger partial charge in [0.05, 0.1) is 6.61 Å². The molecular weight excluding hydrogens is 230 g/mol. The van der Waals surface area contributed by atoms with Crippen molar-refractivity contribution in [3.05, 3.63) is 12.4 Å². The van der Waals surface area contributed by atoms with Crippen LogP contribution in [-0.2, 0) is 4.74 Å². The van der Waals surface area contributed by atoms with E-state index < -0.39 is 0 Å². The average molecular weight is 253 g/mol. The third kappa shape index (κ3) is 5.31. The lowest BCUT2D eigenvalue weighted by Crippen LogP contribution is -2.25. The Morgan fingerprint density at radius 1 is 1.33 bits per heavy atom. The summed E-state index contributed by atoms with van der Waals surface area (Å²) in [6.45, 7) is 8.54. The molecular formula is C13H23N3O2. The van der Waals surface area contributed by atoms with Gasteiger partial charge in [-0.2, -0.15) is 0 Å². The molecule has 0 aliphatic carbocycles. The highest BCUT2D eigenvalue weighted by atomic mass is 16.5. The predicted molar refractivity (Wildman–Crippen MR) is 72.0 cm³/mol. The molecule has 1 heterocycles. The molecule has 0 bridgehead atoms. The second-order valence-electron chi connectivity index (χ2n) is 4.94. The zero-order chi connectivity index (χ0) is 13.4. The van der Waals surface area contributed by atoms with E-state index in [1.807, 2.05) is 13.0 Å². The first-order valence-corrected chi connectivity index (χ1v) is 6.25. The number of ether oxygens (including phenoxy) is 2. The van der Waals surface area contributed by atoms with Gasteiger partial charge in [0.2, 0.25) is 5.88 Å². The molecule has 0 saturated heterocycles. The van der Waals surface area contributed by atoms with Gasteiger partial charge in [-0.3, -0.25) is 0 Å². The molecule has 5 nitrogen and oxygen atoms in total. The van der Waals surface area contributed by atoms with Gasteiger partial charge >= 0.3 is 0 Å². The Morgan fingerprint density at radius 3 is 2.78 bits per heavy atom. The highest BCUT2D eigenvalue weighted by molar-refractivity contribution is 5.37. The van der Waals surface area contributed by atoms with Crippen molar-refractivity contribution in [1.82, 2.24) is 9.97 Å². The predicted octanol–water partition coefficient (Wildman–Crippen LogP) is 2.35. The van der Waals surface area contributed by atoms with E-state index in [0.29, 0.717) is 12.5 Å². The summed E-state index contributed by atoms with van der Waals surface area (Å²) in [7, 11) is 1.72. The lowest BCUT2D eigenvalue weighted by molar-refractivity contribution is 0.157. The number of hydrogen-bond acceptors (Lipinski definition) is 5. The van der Waals surface area contributed by atoms with Gasteiger partial charge in [-0.05, 0) is 18.8 Å². The third-order valence-corrected chi connectivity index (χ3v) is 2.67. The number of rotatable bonds is 8. The molecule has 1 aromatic heterocycles. The maximum absolute atomic E-state index is 5.33. The van der Waals surface area contributed by atoms with E-state index >= 15 is 0 Å². The zero-order valence-corrected chi connectivity index (χ0v) is 11.7. The van der Waals surface area contributed by atoms with Crippen LogP contribution >= 0.6 is 0 Å². The van der Waals surface area contributed by atoms with E-state index in [9.17, 15) is 0 Å². The number of nitrogens with one attached hydrogen (secondary N) is 1. The standard InChI is InChI=1S/C13H23N3O2/c1-5-18-12-8-11(15-10-16-12)14-9-13(2,3)6-7-17-4/h8,10H,5-7,9H2,1-4H3,(H,14,15,16). The first-order valence-electron chi connectivity index (χ1n) is 6.25. The van der Waals surface area contributed by atoms with Crippen molar-refractivity contribution in [3.63, 3.8) is 0 Å². The van der Waals surface area contributed by atoms with Gasteiger partial charge in [0.1, 0.15) is 12.1 Å². The van der Waals surface area contributed by atoms with Gasteiger partial charge in [0.15, 0.2) is 0 Å². The number of methoxy groups -OCH3 is 1. The lowest BCUT2D eigenvalue weighted by Gasteiger charge is -2.24. The molecule has 0 aliphatic rings. The van der Waals surface area contributed by atoms with Crippen molar-refractivity contribution in [2.45, 2.75) is 27.2 Å². The van der Waals surface area contributed by atoms with Crippen LogP contribution in [0.2, 0.25) is 0 Å². The minimum absolute atomic E-state index is 0.159. The summed E-state index contributed by atoms with van der Waals surface area (Å²) in [5.74, 6) is 1.39. The smallest absolute Gasteiger partial charge is 0.218 e. The Bertz CT molecular complexity index is 356. The summed E-state index contributed by atoms with van der Waals surface area (Å²) < 4.78 is 10.4. The molecule has 0 saturated carbocycles. The van der Waals surface area contributed by atoms with Crippen molar-refractivity contribution in [3.8, 4) is 5.88 Å². The highest BCUT2D eigenvalue weighted by Gasteiger charge is 2.17. The summed E-state index contributed by atoms with van der Waals surface area (Å²) in [5, 5.41) is 3.31. The van der Waals surface area contributed by atoms with Crippen molar-refractivity contribution in [2.75, 3.05) is 32.2 Å². The van der Waals surface area contributed by atoms with Crippen LogP contribution in [0.15, 0.2) is 12.4 Å². The molecule has 0 aromatic carbocycles. The largest absolute Gasteiger partial charge is 0.478 e. The van der Waals surface area contributed by atoms with E-state index in [4.69, 9.17) is 9.47 Å². The molecule has 0 unspecified atom stereocenters. The Labute approximate surface area is 109 Å². The van der Waals surface area contributed by atoms with Gasteiger partial charge in [-0.1, -0.05) is 13.8 Å². The maximum Gasteiger partial charge on any atom is 0.218 e. The van der Waals surface area contributed by atoms with Crippen LogP contribution in [0.25, 0.3) is 0 Å². The van der Waals surface area contributed by atoms with Crippen LogP contribution in [0.4, 0.5) is 5.82 Å². The first kappa shape index (κ1) is 14.7. The molecule has 0 aliphatic heterocycles. The van der Waals surface area contributed by atoms with E-state index in [2.05, 4.69) is 29.1 Å². The molecule has 1 aromatic rings. The molecule has 5 heteroatoms. The van der Waals surface area contributed by atoms with Gasteiger partial charge in [-0.25, -0.2) is 9.97 Å². The number of nitrogens with zero attached hydrogens (tertiary/aromatic N) is 2. The summed E-state index contributed by atoms with van der Waals surface area (Å²) in [6.07, 6.45) is 2.51. The van der Waals surface area contributed by atoms with Crippen molar-refractivity contribution < 1.29 is 9.47 Å². The Balaban J connectivity index is 2.49. The van der Waals surface area contributed by atoms with Crippen LogP contribution in [0.1, 0.15) is 27.2 Å². The molecule has 0 amide bonds. The van der Waals surface area contributed by atoms with E-state index in [1.165, 1.54) is 6.33 Å². The SMILES string of the molecule is CCOc1cc(NCC(C)(C)CCOC)ncn1.